The van der Waals surface area contributed by atoms with E-state index < -0.39 is 5.92 Å². The summed E-state index contributed by atoms with van der Waals surface area (Å²) in [6.45, 7) is 3.85. The molecule has 18 heavy (non-hydrogen) atoms. The lowest BCUT2D eigenvalue weighted by Gasteiger charge is -2.15. The van der Waals surface area contributed by atoms with Crippen LogP contribution in [-0.2, 0) is 9.53 Å². The molecule has 0 aliphatic rings. The normalized spacial score (nSPS) is 11.8. The van der Waals surface area contributed by atoms with Crippen molar-refractivity contribution in [2.24, 2.45) is 0 Å². The van der Waals surface area contributed by atoms with Crippen LogP contribution >= 0.6 is 11.6 Å². The number of carbonyl (C=O) groups excluding carboxylic acids is 1. The van der Waals surface area contributed by atoms with Crippen LogP contribution in [0.15, 0.2) is 12.1 Å². The zero-order chi connectivity index (χ0) is 13.7. The highest BCUT2D eigenvalue weighted by Gasteiger charge is 2.21. The first-order chi connectivity index (χ1) is 8.54. The largest absolute Gasteiger partial charge is 0.493 e. The summed E-state index contributed by atoms with van der Waals surface area (Å²) in [6, 6.07) is 3.33. The van der Waals surface area contributed by atoms with Gasteiger partial charge in [0.25, 0.3) is 0 Å². The van der Waals surface area contributed by atoms with Crippen LogP contribution in [0.4, 0.5) is 0 Å². The maximum Gasteiger partial charge on any atom is 0.313 e. The smallest absolute Gasteiger partial charge is 0.313 e. The highest BCUT2D eigenvalue weighted by atomic mass is 35.5. The number of hydrogen-bond donors (Lipinski definition) is 0. The molecule has 0 spiro atoms. The maximum absolute atomic E-state index is 11.7. The molecule has 1 aromatic rings. The quantitative estimate of drug-likeness (QED) is 0.773. The van der Waals surface area contributed by atoms with E-state index in [-0.39, 0.29) is 5.97 Å². The van der Waals surface area contributed by atoms with Gasteiger partial charge in [0, 0.05) is 11.1 Å². The van der Waals surface area contributed by atoms with E-state index in [1.807, 2.05) is 0 Å². The average Bonchev–Trinajstić information content (AvgIpc) is 2.37. The van der Waals surface area contributed by atoms with Gasteiger partial charge in [-0.05, 0) is 25.5 Å². The fourth-order valence-electron chi connectivity index (χ4n) is 1.60. The highest BCUT2D eigenvalue weighted by Crippen LogP contribution is 2.36. The molecular formula is C13H17ClO4. The minimum absolute atomic E-state index is 0.313. The van der Waals surface area contributed by atoms with Gasteiger partial charge in [-0.3, -0.25) is 4.79 Å². The van der Waals surface area contributed by atoms with Gasteiger partial charge in [-0.1, -0.05) is 11.6 Å². The summed E-state index contributed by atoms with van der Waals surface area (Å²) in [7, 11) is 3.06. The Balaban J connectivity index is 3.12. The summed E-state index contributed by atoms with van der Waals surface area (Å²) in [5, 5.41) is 0.452. The molecule has 0 amide bonds. The molecule has 1 aromatic carbocycles. The number of ether oxygens (including phenoxy) is 3. The van der Waals surface area contributed by atoms with E-state index >= 15 is 0 Å². The second-order valence-corrected chi connectivity index (χ2v) is 4.11. The Morgan fingerprint density at radius 1 is 1.28 bits per heavy atom. The summed E-state index contributed by atoms with van der Waals surface area (Å²) >= 11 is 6.13. The van der Waals surface area contributed by atoms with Crippen LogP contribution in [0.2, 0.25) is 5.02 Å². The molecule has 0 bridgehead atoms. The number of rotatable bonds is 5. The van der Waals surface area contributed by atoms with Crippen LogP contribution in [0, 0.1) is 0 Å². The SMILES string of the molecule is CCOC(=O)C(C)c1cc(OC)c(OC)cc1Cl. The molecule has 0 saturated heterocycles. The Bertz CT molecular complexity index is 431. The summed E-state index contributed by atoms with van der Waals surface area (Å²) < 4.78 is 15.3. The first-order valence-electron chi connectivity index (χ1n) is 5.63. The molecule has 0 fully saturated rings. The van der Waals surface area contributed by atoms with Gasteiger partial charge in [0.2, 0.25) is 0 Å². The molecule has 0 saturated carbocycles. The minimum atomic E-state index is -0.447. The number of carbonyl (C=O) groups is 1. The highest BCUT2D eigenvalue weighted by molar-refractivity contribution is 6.31. The molecule has 5 heteroatoms. The lowest BCUT2D eigenvalue weighted by Crippen LogP contribution is -2.13. The minimum Gasteiger partial charge on any atom is -0.493 e. The summed E-state index contributed by atoms with van der Waals surface area (Å²) in [4.78, 5) is 11.7. The Kier molecular flexibility index (Phi) is 5.28. The third kappa shape index (κ3) is 3.07. The van der Waals surface area contributed by atoms with Crippen LogP contribution in [0.5, 0.6) is 11.5 Å². The summed E-state index contributed by atoms with van der Waals surface area (Å²) in [6.07, 6.45) is 0. The lowest BCUT2D eigenvalue weighted by atomic mass is 10.0. The van der Waals surface area contributed by atoms with Gasteiger partial charge in [-0.15, -0.1) is 0 Å². The van der Waals surface area contributed by atoms with Crippen LogP contribution < -0.4 is 9.47 Å². The average molecular weight is 273 g/mol. The van der Waals surface area contributed by atoms with E-state index in [4.69, 9.17) is 25.8 Å². The first-order valence-corrected chi connectivity index (χ1v) is 6.01. The van der Waals surface area contributed by atoms with Crippen molar-refractivity contribution in [3.8, 4) is 11.5 Å². The number of esters is 1. The molecule has 0 aliphatic heterocycles. The third-order valence-electron chi connectivity index (χ3n) is 2.61. The molecule has 0 aromatic heterocycles. The van der Waals surface area contributed by atoms with Crippen molar-refractivity contribution in [2.45, 2.75) is 19.8 Å². The standard InChI is InChI=1S/C13H17ClO4/c1-5-18-13(15)8(2)9-6-11(16-3)12(17-4)7-10(9)14/h6-8H,5H2,1-4H3. The van der Waals surface area contributed by atoms with Crippen molar-refractivity contribution in [1.29, 1.82) is 0 Å². The van der Waals surface area contributed by atoms with Crippen molar-refractivity contribution < 1.29 is 19.0 Å². The predicted octanol–water partition coefficient (Wildman–Crippen LogP) is 3.02. The van der Waals surface area contributed by atoms with Crippen molar-refractivity contribution in [2.75, 3.05) is 20.8 Å². The Morgan fingerprint density at radius 2 is 1.83 bits per heavy atom. The second kappa shape index (κ2) is 6.50. The van der Waals surface area contributed by atoms with Crippen LogP contribution in [-0.4, -0.2) is 26.8 Å². The number of halogens is 1. The van der Waals surface area contributed by atoms with E-state index in [1.54, 1.807) is 26.0 Å². The molecular weight excluding hydrogens is 256 g/mol. The second-order valence-electron chi connectivity index (χ2n) is 3.70. The van der Waals surface area contributed by atoms with Crippen molar-refractivity contribution in [3.05, 3.63) is 22.7 Å². The first kappa shape index (κ1) is 14.6. The molecule has 0 radical (unpaired) electrons. The van der Waals surface area contributed by atoms with Crippen LogP contribution in [0.3, 0.4) is 0 Å². The molecule has 1 unspecified atom stereocenters. The fraction of sp³-hybridized carbons (Fsp3) is 0.462. The van der Waals surface area contributed by atoms with E-state index in [1.165, 1.54) is 14.2 Å². The van der Waals surface area contributed by atoms with Gasteiger partial charge < -0.3 is 14.2 Å². The predicted molar refractivity (Wildman–Crippen MR) is 69.6 cm³/mol. The maximum atomic E-state index is 11.7. The number of methoxy groups -OCH3 is 2. The molecule has 0 heterocycles. The molecule has 1 atom stereocenters. The third-order valence-corrected chi connectivity index (χ3v) is 2.94. The van der Waals surface area contributed by atoms with Crippen molar-refractivity contribution >= 4 is 17.6 Å². The lowest BCUT2D eigenvalue weighted by molar-refractivity contribution is -0.144. The summed E-state index contributed by atoms with van der Waals surface area (Å²) in [5.41, 5.74) is 0.660. The Labute approximate surface area is 112 Å². The molecule has 4 nitrogen and oxygen atoms in total. The van der Waals surface area contributed by atoms with Crippen LogP contribution in [0.25, 0.3) is 0 Å². The number of hydrogen-bond acceptors (Lipinski definition) is 4. The van der Waals surface area contributed by atoms with Gasteiger partial charge in [0.05, 0.1) is 26.7 Å². The van der Waals surface area contributed by atoms with Gasteiger partial charge in [-0.2, -0.15) is 0 Å². The zero-order valence-electron chi connectivity index (χ0n) is 11.0. The van der Waals surface area contributed by atoms with Gasteiger partial charge >= 0.3 is 5.97 Å². The molecule has 100 valence electrons. The van der Waals surface area contributed by atoms with E-state index in [9.17, 15) is 4.79 Å². The Hall–Kier alpha value is -1.42. The van der Waals surface area contributed by atoms with E-state index in [0.717, 1.165) is 0 Å². The topological polar surface area (TPSA) is 44.8 Å². The molecule has 1 rings (SSSR count). The Morgan fingerprint density at radius 3 is 2.33 bits per heavy atom. The fourth-order valence-corrected chi connectivity index (χ4v) is 1.91. The van der Waals surface area contributed by atoms with Gasteiger partial charge in [0.1, 0.15) is 0 Å². The summed E-state index contributed by atoms with van der Waals surface area (Å²) in [5.74, 6) is 0.305. The zero-order valence-corrected chi connectivity index (χ0v) is 11.7. The van der Waals surface area contributed by atoms with E-state index in [2.05, 4.69) is 0 Å². The van der Waals surface area contributed by atoms with Gasteiger partial charge in [-0.25, -0.2) is 0 Å². The van der Waals surface area contributed by atoms with Gasteiger partial charge in [0.15, 0.2) is 11.5 Å². The van der Waals surface area contributed by atoms with Crippen molar-refractivity contribution in [3.63, 3.8) is 0 Å². The molecule has 0 aliphatic carbocycles. The monoisotopic (exact) mass is 272 g/mol. The molecule has 0 N–H and O–H groups in total. The number of benzene rings is 1. The van der Waals surface area contributed by atoms with E-state index in [0.29, 0.717) is 28.7 Å². The van der Waals surface area contributed by atoms with Crippen molar-refractivity contribution in [1.82, 2.24) is 0 Å². The van der Waals surface area contributed by atoms with Crippen LogP contribution in [0.1, 0.15) is 25.3 Å².